The molecule has 0 saturated carbocycles. The average molecular weight is 270 g/mol. The zero-order valence-electron chi connectivity index (χ0n) is 10.2. The van der Waals surface area contributed by atoms with E-state index in [4.69, 9.17) is 0 Å². The summed E-state index contributed by atoms with van der Waals surface area (Å²) in [7, 11) is 1.35. The summed E-state index contributed by atoms with van der Waals surface area (Å²) in [6.07, 6.45) is 3.73. The van der Waals surface area contributed by atoms with E-state index >= 15 is 0 Å². The van der Waals surface area contributed by atoms with Crippen LogP contribution in [0.3, 0.4) is 0 Å². The summed E-state index contributed by atoms with van der Waals surface area (Å²) < 4.78 is 4.63. The van der Waals surface area contributed by atoms with E-state index in [1.807, 2.05) is 36.6 Å². The number of ether oxygens (including phenoxy) is 1. The second-order valence-electron chi connectivity index (χ2n) is 3.94. The van der Waals surface area contributed by atoms with E-state index in [0.717, 1.165) is 21.8 Å². The summed E-state index contributed by atoms with van der Waals surface area (Å²) in [6.45, 7) is 0. The van der Waals surface area contributed by atoms with Gasteiger partial charge in [-0.25, -0.2) is 9.78 Å². The minimum Gasteiger partial charge on any atom is -0.464 e. The van der Waals surface area contributed by atoms with Crippen LogP contribution in [0.25, 0.3) is 11.6 Å². The Morgan fingerprint density at radius 1 is 1.37 bits per heavy atom. The van der Waals surface area contributed by atoms with Crippen LogP contribution in [-0.2, 0) is 4.74 Å². The minimum absolute atomic E-state index is 0.336. The Morgan fingerprint density at radius 3 is 3.05 bits per heavy atom. The fraction of sp³-hybridized carbons (Fsp3) is 0.0714. The van der Waals surface area contributed by atoms with Crippen LogP contribution in [0.1, 0.15) is 21.1 Å². The molecule has 0 bridgehead atoms. The number of methoxy groups -OCH3 is 1. The number of thiazole rings is 1. The Hall–Kier alpha value is -2.27. The zero-order valence-corrected chi connectivity index (χ0v) is 11.0. The van der Waals surface area contributed by atoms with Crippen LogP contribution in [0.4, 0.5) is 5.69 Å². The van der Waals surface area contributed by atoms with Crippen LogP contribution in [0.2, 0.25) is 0 Å². The molecule has 19 heavy (non-hydrogen) atoms. The van der Waals surface area contributed by atoms with Gasteiger partial charge in [0, 0.05) is 22.7 Å². The molecule has 0 unspecified atom stereocenters. The standard InChI is InChI=1S/C14H10N2O2S/c1-18-14(17)12-8-19-13(16-12)6-9-7-15-11-5-3-2-4-10(9)11/h2-8H,1H3/b9-6+. The smallest absolute Gasteiger partial charge is 0.357 e. The molecular formula is C14H10N2O2S. The van der Waals surface area contributed by atoms with Crippen molar-refractivity contribution >= 4 is 40.9 Å². The van der Waals surface area contributed by atoms with Gasteiger partial charge in [-0.05, 0) is 12.1 Å². The molecule has 0 atom stereocenters. The third-order valence-corrected chi connectivity index (χ3v) is 3.54. The number of fused-ring (bicyclic) bond motifs is 1. The highest BCUT2D eigenvalue weighted by atomic mass is 32.1. The number of aromatic nitrogens is 1. The third kappa shape index (κ3) is 2.20. The number of carbonyl (C=O) groups is 1. The van der Waals surface area contributed by atoms with Crippen molar-refractivity contribution in [2.75, 3.05) is 7.11 Å². The molecule has 2 heterocycles. The number of aliphatic imine (C=N–C) groups is 1. The Labute approximate surface area is 114 Å². The highest BCUT2D eigenvalue weighted by Crippen LogP contribution is 2.32. The van der Waals surface area contributed by atoms with E-state index in [1.54, 1.807) is 5.38 Å². The number of hydrogen-bond donors (Lipinski definition) is 0. The lowest BCUT2D eigenvalue weighted by molar-refractivity contribution is 0.0595. The molecule has 0 radical (unpaired) electrons. The Kier molecular flexibility index (Phi) is 2.97. The van der Waals surface area contributed by atoms with E-state index in [-0.39, 0.29) is 0 Å². The number of esters is 1. The molecule has 94 valence electrons. The van der Waals surface area contributed by atoms with Gasteiger partial charge in [0.1, 0.15) is 5.01 Å². The van der Waals surface area contributed by atoms with Gasteiger partial charge in [-0.15, -0.1) is 11.3 Å². The topological polar surface area (TPSA) is 51.5 Å². The first kappa shape index (κ1) is 11.8. The van der Waals surface area contributed by atoms with E-state index < -0.39 is 5.97 Å². The molecule has 5 heteroatoms. The third-order valence-electron chi connectivity index (χ3n) is 2.75. The second kappa shape index (κ2) is 4.78. The molecule has 2 aromatic rings. The summed E-state index contributed by atoms with van der Waals surface area (Å²) in [5.41, 5.74) is 3.37. The number of allylic oxidation sites excluding steroid dienone is 1. The number of nitrogens with zero attached hydrogens (tertiary/aromatic N) is 2. The fourth-order valence-electron chi connectivity index (χ4n) is 1.84. The molecule has 0 amide bonds. The first-order valence-corrected chi connectivity index (χ1v) is 6.55. The fourth-order valence-corrected chi connectivity index (χ4v) is 2.57. The van der Waals surface area contributed by atoms with Crippen molar-refractivity contribution < 1.29 is 9.53 Å². The number of carbonyl (C=O) groups excluding carboxylic acids is 1. The highest BCUT2D eigenvalue weighted by Gasteiger charge is 2.13. The van der Waals surface area contributed by atoms with Gasteiger partial charge in [-0.3, -0.25) is 4.99 Å². The number of rotatable bonds is 2. The van der Waals surface area contributed by atoms with Gasteiger partial charge < -0.3 is 4.74 Å². The van der Waals surface area contributed by atoms with Gasteiger partial charge in [0.25, 0.3) is 0 Å². The molecule has 4 nitrogen and oxygen atoms in total. The van der Waals surface area contributed by atoms with Crippen LogP contribution < -0.4 is 0 Å². The summed E-state index contributed by atoms with van der Waals surface area (Å²) >= 11 is 1.40. The summed E-state index contributed by atoms with van der Waals surface area (Å²) in [6, 6.07) is 7.92. The van der Waals surface area contributed by atoms with Crippen LogP contribution in [0, 0.1) is 0 Å². The normalized spacial score (nSPS) is 14.7. The van der Waals surface area contributed by atoms with Crippen LogP contribution >= 0.6 is 11.3 Å². The molecular weight excluding hydrogens is 260 g/mol. The van der Waals surface area contributed by atoms with Crippen LogP contribution in [-0.4, -0.2) is 24.3 Å². The van der Waals surface area contributed by atoms with Crippen molar-refractivity contribution in [3.8, 4) is 0 Å². The summed E-state index contributed by atoms with van der Waals surface area (Å²) in [4.78, 5) is 19.9. The quantitative estimate of drug-likeness (QED) is 0.787. The van der Waals surface area contributed by atoms with Gasteiger partial charge >= 0.3 is 5.97 Å². The van der Waals surface area contributed by atoms with Crippen molar-refractivity contribution in [2.24, 2.45) is 4.99 Å². The van der Waals surface area contributed by atoms with E-state index in [9.17, 15) is 4.79 Å². The first-order valence-electron chi connectivity index (χ1n) is 5.67. The highest BCUT2D eigenvalue weighted by molar-refractivity contribution is 7.10. The van der Waals surface area contributed by atoms with E-state index in [0.29, 0.717) is 5.69 Å². The monoisotopic (exact) mass is 270 g/mol. The second-order valence-corrected chi connectivity index (χ2v) is 4.83. The molecule has 0 fully saturated rings. The predicted octanol–water partition coefficient (Wildman–Crippen LogP) is 3.19. The molecule has 0 saturated heterocycles. The Balaban J connectivity index is 1.94. The zero-order chi connectivity index (χ0) is 13.2. The van der Waals surface area contributed by atoms with Crippen LogP contribution in [0.5, 0.6) is 0 Å². The van der Waals surface area contributed by atoms with Gasteiger partial charge in [0.15, 0.2) is 5.69 Å². The number of para-hydroxylation sites is 1. The summed E-state index contributed by atoms with van der Waals surface area (Å²) in [5, 5.41) is 2.45. The van der Waals surface area contributed by atoms with Gasteiger partial charge in [0.2, 0.25) is 0 Å². The van der Waals surface area contributed by atoms with Crippen molar-refractivity contribution in [1.29, 1.82) is 0 Å². The molecule has 1 aromatic carbocycles. The Bertz CT molecular complexity index is 701. The Morgan fingerprint density at radius 2 is 2.21 bits per heavy atom. The van der Waals surface area contributed by atoms with Gasteiger partial charge in [-0.1, -0.05) is 18.2 Å². The molecule has 0 aliphatic carbocycles. The van der Waals surface area contributed by atoms with Crippen molar-refractivity contribution in [3.05, 3.63) is 45.9 Å². The van der Waals surface area contributed by atoms with E-state index in [2.05, 4.69) is 14.7 Å². The minimum atomic E-state index is -0.415. The predicted molar refractivity (Wildman–Crippen MR) is 75.9 cm³/mol. The van der Waals surface area contributed by atoms with Crippen molar-refractivity contribution in [1.82, 2.24) is 4.98 Å². The number of benzene rings is 1. The van der Waals surface area contributed by atoms with Crippen molar-refractivity contribution in [3.63, 3.8) is 0 Å². The number of hydrogen-bond acceptors (Lipinski definition) is 5. The molecule has 1 aromatic heterocycles. The lowest BCUT2D eigenvalue weighted by Crippen LogP contribution is -2.00. The molecule has 1 aliphatic rings. The molecule has 3 rings (SSSR count). The van der Waals surface area contributed by atoms with Gasteiger partial charge in [-0.2, -0.15) is 0 Å². The van der Waals surface area contributed by atoms with E-state index in [1.165, 1.54) is 18.4 Å². The molecule has 1 aliphatic heterocycles. The first-order chi connectivity index (χ1) is 9.28. The maximum Gasteiger partial charge on any atom is 0.357 e. The summed E-state index contributed by atoms with van der Waals surface area (Å²) in [5.74, 6) is -0.415. The maximum atomic E-state index is 11.3. The lowest BCUT2D eigenvalue weighted by atomic mass is 10.1. The van der Waals surface area contributed by atoms with Gasteiger partial charge in [0.05, 0.1) is 12.8 Å². The largest absolute Gasteiger partial charge is 0.464 e. The lowest BCUT2D eigenvalue weighted by Gasteiger charge is -1.97. The molecule has 0 N–H and O–H groups in total. The van der Waals surface area contributed by atoms with Crippen molar-refractivity contribution in [2.45, 2.75) is 0 Å². The SMILES string of the molecule is COC(=O)c1csc(/C=C2\C=Nc3ccccc32)n1. The maximum absolute atomic E-state index is 11.3. The van der Waals surface area contributed by atoms with Crippen LogP contribution in [0.15, 0.2) is 34.6 Å². The molecule has 0 spiro atoms. The average Bonchev–Trinajstić information content (AvgIpc) is 3.06.